The molecule has 2 N–H and O–H groups in total. The lowest BCUT2D eigenvalue weighted by Crippen LogP contribution is -2.35. The molecule has 0 unspecified atom stereocenters. The Balaban J connectivity index is 1.46. The molecule has 0 spiro atoms. The van der Waals surface area contributed by atoms with Crippen LogP contribution in [0.4, 0.5) is 10.5 Å². The van der Waals surface area contributed by atoms with Gasteiger partial charge in [0.15, 0.2) is 0 Å². The van der Waals surface area contributed by atoms with E-state index in [2.05, 4.69) is 20.8 Å². The molecule has 4 rings (SSSR count). The Hall–Kier alpha value is -3.35. The van der Waals surface area contributed by atoms with E-state index < -0.39 is 0 Å². The molecule has 2 heterocycles. The molecular weight excluding hydrogens is 320 g/mol. The van der Waals surface area contributed by atoms with E-state index in [4.69, 9.17) is 9.15 Å². The van der Waals surface area contributed by atoms with Crippen molar-refractivity contribution in [3.8, 4) is 17.2 Å². The predicted octanol–water partition coefficient (Wildman–Crippen LogP) is 3.38. The van der Waals surface area contributed by atoms with Gasteiger partial charge < -0.3 is 19.8 Å². The molecule has 0 saturated heterocycles. The molecule has 2 amide bonds. The SMILES string of the molecule is O=C(Nc1cccc(-c2nnco2)c1)N[C@H]1CCOc2ccccc21. The van der Waals surface area contributed by atoms with Crippen molar-refractivity contribution < 1.29 is 13.9 Å². The van der Waals surface area contributed by atoms with Gasteiger partial charge in [0, 0.05) is 23.2 Å². The molecule has 1 aliphatic heterocycles. The number of anilines is 1. The van der Waals surface area contributed by atoms with Crippen LogP contribution in [0.25, 0.3) is 11.5 Å². The number of carbonyl (C=O) groups is 1. The number of fused-ring (bicyclic) bond motifs is 1. The van der Waals surface area contributed by atoms with E-state index in [0.717, 1.165) is 23.3 Å². The summed E-state index contributed by atoms with van der Waals surface area (Å²) < 4.78 is 10.8. The van der Waals surface area contributed by atoms with Crippen molar-refractivity contribution in [2.24, 2.45) is 0 Å². The number of urea groups is 1. The first kappa shape index (κ1) is 15.2. The molecule has 126 valence electrons. The number of benzene rings is 2. The van der Waals surface area contributed by atoms with Crippen LogP contribution in [-0.2, 0) is 0 Å². The zero-order valence-corrected chi connectivity index (χ0v) is 13.3. The van der Waals surface area contributed by atoms with Gasteiger partial charge in [-0.05, 0) is 24.3 Å². The number of nitrogens with zero attached hydrogens (tertiary/aromatic N) is 2. The van der Waals surface area contributed by atoms with Crippen LogP contribution < -0.4 is 15.4 Å². The quantitative estimate of drug-likeness (QED) is 0.765. The Labute approximate surface area is 144 Å². The van der Waals surface area contributed by atoms with Crippen LogP contribution in [0.15, 0.2) is 59.3 Å². The summed E-state index contributed by atoms with van der Waals surface area (Å²) >= 11 is 0. The smallest absolute Gasteiger partial charge is 0.319 e. The fraction of sp³-hybridized carbons (Fsp3) is 0.167. The summed E-state index contributed by atoms with van der Waals surface area (Å²) in [4.78, 5) is 12.4. The standard InChI is InChI=1S/C18H16N4O3/c23-18(21-15-8-9-24-16-7-2-1-6-14(15)16)20-13-5-3-4-12(10-13)17-22-19-11-25-17/h1-7,10-11,15H,8-9H2,(H2,20,21,23)/t15-/m0/s1. The lowest BCUT2D eigenvalue weighted by Gasteiger charge is -2.26. The first-order chi connectivity index (χ1) is 12.3. The third kappa shape index (κ3) is 3.30. The van der Waals surface area contributed by atoms with E-state index in [0.29, 0.717) is 18.2 Å². The fourth-order valence-corrected chi connectivity index (χ4v) is 2.85. The largest absolute Gasteiger partial charge is 0.493 e. The Morgan fingerprint density at radius 3 is 2.96 bits per heavy atom. The van der Waals surface area contributed by atoms with E-state index in [-0.39, 0.29) is 12.1 Å². The minimum absolute atomic E-state index is 0.0796. The van der Waals surface area contributed by atoms with Crippen LogP contribution in [-0.4, -0.2) is 22.8 Å². The van der Waals surface area contributed by atoms with E-state index >= 15 is 0 Å². The molecule has 25 heavy (non-hydrogen) atoms. The van der Waals surface area contributed by atoms with Gasteiger partial charge in [-0.15, -0.1) is 10.2 Å². The molecule has 1 aromatic heterocycles. The molecular formula is C18H16N4O3. The molecule has 1 atom stereocenters. The minimum atomic E-state index is -0.274. The molecule has 2 aromatic carbocycles. The summed E-state index contributed by atoms with van der Waals surface area (Å²) in [7, 11) is 0. The summed E-state index contributed by atoms with van der Waals surface area (Å²) in [5.41, 5.74) is 2.38. The van der Waals surface area contributed by atoms with Crippen molar-refractivity contribution >= 4 is 11.7 Å². The van der Waals surface area contributed by atoms with E-state index in [1.54, 1.807) is 12.1 Å². The average molecular weight is 336 g/mol. The predicted molar refractivity (Wildman–Crippen MR) is 91.2 cm³/mol. The average Bonchev–Trinajstić information content (AvgIpc) is 3.17. The minimum Gasteiger partial charge on any atom is -0.493 e. The Morgan fingerprint density at radius 1 is 1.16 bits per heavy atom. The fourth-order valence-electron chi connectivity index (χ4n) is 2.85. The Bertz CT molecular complexity index is 880. The van der Waals surface area contributed by atoms with Crippen molar-refractivity contribution in [3.05, 3.63) is 60.5 Å². The topological polar surface area (TPSA) is 89.3 Å². The summed E-state index contributed by atoms with van der Waals surface area (Å²) in [5.74, 6) is 1.22. The van der Waals surface area contributed by atoms with Gasteiger partial charge in [-0.1, -0.05) is 24.3 Å². The van der Waals surface area contributed by atoms with Crippen LogP contribution in [0.3, 0.4) is 0 Å². The molecule has 0 saturated carbocycles. The lowest BCUT2D eigenvalue weighted by molar-refractivity contribution is 0.232. The first-order valence-electron chi connectivity index (χ1n) is 7.95. The van der Waals surface area contributed by atoms with Gasteiger partial charge in [-0.2, -0.15) is 0 Å². The second-order valence-electron chi connectivity index (χ2n) is 5.65. The highest BCUT2D eigenvalue weighted by Gasteiger charge is 2.22. The maximum absolute atomic E-state index is 12.4. The van der Waals surface area contributed by atoms with Crippen molar-refractivity contribution in [1.29, 1.82) is 0 Å². The van der Waals surface area contributed by atoms with Crippen LogP contribution in [0.2, 0.25) is 0 Å². The van der Waals surface area contributed by atoms with Crippen molar-refractivity contribution in [1.82, 2.24) is 15.5 Å². The zero-order chi connectivity index (χ0) is 17.1. The highest BCUT2D eigenvalue weighted by Crippen LogP contribution is 2.31. The number of nitrogens with one attached hydrogen (secondary N) is 2. The molecule has 0 bridgehead atoms. The Morgan fingerprint density at radius 2 is 2.08 bits per heavy atom. The molecule has 3 aromatic rings. The highest BCUT2D eigenvalue weighted by molar-refractivity contribution is 5.90. The van der Waals surface area contributed by atoms with E-state index in [1.165, 1.54) is 6.39 Å². The number of rotatable bonds is 3. The lowest BCUT2D eigenvalue weighted by atomic mass is 10.0. The van der Waals surface area contributed by atoms with Crippen molar-refractivity contribution in [2.75, 3.05) is 11.9 Å². The van der Waals surface area contributed by atoms with Crippen LogP contribution >= 0.6 is 0 Å². The molecule has 0 fully saturated rings. The van der Waals surface area contributed by atoms with E-state index in [9.17, 15) is 4.79 Å². The molecule has 0 aliphatic carbocycles. The molecule has 0 radical (unpaired) electrons. The van der Waals surface area contributed by atoms with E-state index in [1.807, 2.05) is 36.4 Å². The number of carbonyl (C=O) groups excluding carboxylic acids is 1. The summed E-state index contributed by atoms with van der Waals surface area (Å²) in [6, 6.07) is 14.6. The van der Waals surface area contributed by atoms with Gasteiger partial charge in [0.2, 0.25) is 12.3 Å². The number of hydrogen-bond donors (Lipinski definition) is 2. The second kappa shape index (κ2) is 6.64. The Kier molecular flexibility index (Phi) is 4.04. The third-order valence-corrected chi connectivity index (χ3v) is 3.99. The number of para-hydroxylation sites is 1. The number of hydrogen-bond acceptors (Lipinski definition) is 5. The number of ether oxygens (including phenoxy) is 1. The monoisotopic (exact) mass is 336 g/mol. The second-order valence-corrected chi connectivity index (χ2v) is 5.65. The van der Waals surface area contributed by atoms with Crippen LogP contribution in [0.5, 0.6) is 5.75 Å². The maximum Gasteiger partial charge on any atom is 0.319 e. The van der Waals surface area contributed by atoms with Crippen molar-refractivity contribution in [3.63, 3.8) is 0 Å². The highest BCUT2D eigenvalue weighted by atomic mass is 16.5. The first-order valence-corrected chi connectivity index (χ1v) is 7.95. The number of aromatic nitrogens is 2. The normalized spacial score (nSPS) is 15.8. The zero-order valence-electron chi connectivity index (χ0n) is 13.3. The molecule has 7 heteroatoms. The van der Waals surface area contributed by atoms with Crippen LogP contribution in [0, 0.1) is 0 Å². The summed E-state index contributed by atoms with van der Waals surface area (Å²) in [5, 5.41) is 13.4. The van der Waals surface area contributed by atoms with Gasteiger partial charge in [-0.3, -0.25) is 0 Å². The third-order valence-electron chi connectivity index (χ3n) is 3.99. The number of amides is 2. The van der Waals surface area contributed by atoms with Gasteiger partial charge >= 0.3 is 6.03 Å². The van der Waals surface area contributed by atoms with Gasteiger partial charge in [0.25, 0.3) is 0 Å². The van der Waals surface area contributed by atoms with Gasteiger partial charge in [-0.25, -0.2) is 4.79 Å². The summed E-state index contributed by atoms with van der Waals surface area (Å²) in [6.45, 7) is 0.578. The molecule has 7 nitrogen and oxygen atoms in total. The van der Waals surface area contributed by atoms with Gasteiger partial charge in [0.05, 0.1) is 12.6 Å². The molecule has 1 aliphatic rings. The summed E-state index contributed by atoms with van der Waals surface area (Å²) in [6.07, 6.45) is 2.00. The van der Waals surface area contributed by atoms with Crippen molar-refractivity contribution in [2.45, 2.75) is 12.5 Å². The van der Waals surface area contributed by atoms with Gasteiger partial charge in [0.1, 0.15) is 5.75 Å². The van der Waals surface area contributed by atoms with Crippen LogP contribution in [0.1, 0.15) is 18.0 Å². The maximum atomic E-state index is 12.4.